The zero-order valence-corrected chi connectivity index (χ0v) is 12.7. The molecule has 1 atom stereocenters. The molecule has 2 aromatic rings. The largest absolute Gasteiger partial charge is 0.332 e. The lowest BCUT2D eigenvalue weighted by Crippen LogP contribution is -2.30. The quantitative estimate of drug-likeness (QED) is 0.922. The Labute approximate surface area is 128 Å². The van der Waals surface area contributed by atoms with Crippen molar-refractivity contribution in [2.75, 3.05) is 6.54 Å². The Morgan fingerprint density at radius 3 is 3.00 bits per heavy atom. The van der Waals surface area contributed by atoms with Crippen LogP contribution in [0.5, 0.6) is 0 Å². The lowest BCUT2D eigenvalue weighted by atomic mass is 10.0. The number of thiophene rings is 1. The SMILES string of the molecule is O=C(c1ccc2c(c1)CNC2)N1CCCC1c1ccsc1. The Balaban J connectivity index is 1.62. The highest BCUT2D eigenvalue weighted by atomic mass is 32.1. The highest BCUT2D eigenvalue weighted by Gasteiger charge is 2.31. The molecule has 3 heterocycles. The van der Waals surface area contributed by atoms with Crippen LogP contribution in [0.4, 0.5) is 0 Å². The van der Waals surface area contributed by atoms with Crippen LogP contribution in [0.15, 0.2) is 35.0 Å². The van der Waals surface area contributed by atoms with Gasteiger partial charge in [0.05, 0.1) is 6.04 Å². The first-order valence-electron chi connectivity index (χ1n) is 7.48. The minimum Gasteiger partial charge on any atom is -0.332 e. The van der Waals surface area contributed by atoms with Gasteiger partial charge in [-0.25, -0.2) is 0 Å². The maximum atomic E-state index is 12.9. The predicted molar refractivity (Wildman–Crippen MR) is 84.3 cm³/mol. The molecule has 1 aromatic heterocycles. The van der Waals surface area contributed by atoms with Gasteiger partial charge in [-0.15, -0.1) is 0 Å². The summed E-state index contributed by atoms with van der Waals surface area (Å²) in [5.41, 5.74) is 4.71. The number of nitrogens with zero attached hydrogens (tertiary/aromatic N) is 1. The first-order chi connectivity index (χ1) is 10.3. The zero-order chi connectivity index (χ0) is 14.2. The lowest BCUT2D eigenvalue weighted by Gasteiger charge is -2.24. The number of nitrogens with one attached hydrogen (secondary N) is 1. The number of hydrogen-bond acceptors (Lipinski definition) is 3. The summed E-state index contributed by atoms with van der Waals surface area (Å²) in [5.74, 6) is 0.179. The number of carbonyl (C=O) groups excluding carboxylic acids is 1. The van der Waals surface area contributed by atoms with Gasteiger partial charge in [0.2, 0.25) is 0 Å². The number of fused-ring (bicyclic) bond motifs is 1. The summed E-state index contributed by atoms with van der Waals surface area (Å²) in [6.07, 6.45) is 2.17. The predicted octanol–water partition coefficient (Wildman–Crippen LogP) is 3.33. The van der Waals surface area contributed by atoms with E-state index in [4.69, 9.17) is 0 Å². The van der Waals surface area contributed by atoms with Gasteiger partial charge in [0, 0.05) is 25.2 Å². The van der Waals surface area contributed by atoms with Crippen molar-refractivity contribution in [3.05, 3.63) is 57.3 Å². The summed E-state index contributed by atoms with van der Waals surface area (Å²) >= 11 is 1.71. The van der Waals surface area contributed by atoms with Crippen LogP contribution in [0.1, 0.15) is 45.9 Å². The summed E-state index contributed by atoms with van der Waals surface area (Å²) in [6, 6.07) is 8.55. The second kappa shape index (κ2) is 5.28. The molecule has 1 amide bonds. The van der Waals surface area contributed by atoms with E-state index >= 15 is 0 Å². The van der Waals surface area contributed by atoms with Crippen LogP contribution in [0.25, 0.3) is 0 Å². The van der Waals surface area contributed by atoms with E-state index in [1.165, 1.54) is 16.7 Å². The van der Waals surface area contributed by atoms with Gasteiger partial charge < -0.3 is 10.2 Å². The standard InChI is InChI=1S/C17H18N2OS/c20-17(12-3-4-13-9-18-10-15(13)8-12)19-6-1-2-16(19)14-5-7-21-11-14/h3-5,7-8,11,16,18H,1-2,6,9-10H2. The third-order valence-electron chi connectivity index (χ3n) is 4.53. The molecule has 0 radical (unpaired) electrons. The third-order valence-corrected chi connectivity index (χ3v) is 5.23. The van der Waals surface area contributed by atoms with Gasteiger partial charge in [-0.3, -0.25) is 4.79 Å². The summed E-state index contributed by atoms with van der Waals surface area (Å²) in [5, 5.41) is 7.60. The molecule has 4 rings (SSSR count). The maximum Gasteiger partial charge on any atom is 0.254 e. The van der Waals surface area contributed by atoms with Crippen molar-refractivity contribution in [1.82, 2.24) is 10.2 Å². The van der Waals surface area contributed by atoms with Crippen LogP contribution in [0, 0.1) is 0 Å². The van der Waals surface area contributed by atoms with Crippen LogP contribution in [-0.2, 0) is 13.1 Å². The van der Waals surface area contributed by atoms with E-state index in [0.717, 1.165) is 38.0 Å². The van der Waals surface area contributed by atoms with Crippen LogP contribution >= 0.6 is 11.3 Å². The van der Waals surface area contributed by atoms with Crippen LogP contribution in [-0.4, -0.2) is 17.4 Å². The van der Waals surface area contributed by atoms with Crippen molar-refractivity contribution in [3.8, 4) is 0 Å². The fourth-order valence-electron chi connectivity index (χ4n) is 3.41. The molecule has 2 aliphatic rings. The smallest absolute Gasteiger partial charge is 0.254 e. The van der Waals surface area contributed by atoms with E-state index < -0.39 is 0 Å². The molecule has 0 aliphatic carbocycles. The van der Waals surface area contributed by atoms with Gasteiger partial charge in [0.25, 0.3) is 5.91 Å². The number of carbonyl (C=O) groups is 1. The van der Waals surface area contributed by atoms with Gasteiger partial charge in [0.15, 0.2) is 0 Å². The summed E-state index contributed by atoms with van der Waals surface area (Å²) in [4.78, 5) is 14.9. The molecular weight excluding hydrogens is 280 g/mol. The number of likely N-dealkylation sites (tertiary alicyclic amines) is 1. The Hall–Kier alpha value is -1.65. The first kappa shape index (κ1) is 13.0. The average Bonchev–Trinajstić information content (AvgIpc) is 3.24. The van der Waals surface area contributed by atoms with Crippen LogP contribution in [0.2, 0.25) is 0 Å². The number of benzene rings is 1. The molecule has 0 saturated carbocycles. The summed E-state index contributed by atoms with van der Waals surface area (Å²) in [7, 11) is 0. The minimum absolute atomic E-state index is 0.179. The minimum atomic E-state index is 0.179. The fourth-order valence-corrected chi connectivity index (χ4v) is 4.12. The van der Waals surface area contributed by atoms with E-state index in [9.17, 15) is 4.79 Å². The molecule has 1 N–H and O–H groups in total. The van der Waals surface area contributed by atoms with Crippen molar-refractivity contribution in [2.45, 2.75) is 32.0 Å². The fraction of sp³-hybridized carbons (Fsp3) is 0.353. The van der Waals surface area contributed by atoms with E-state index in [2.05, 4.69) is 34.3 Å². The first-order valence-corrected chi connectivity index (χ1v) is 8.43. The second-order valence-electron chi connectivity index (χ2n) is 5.80. The number of hydrogen-bond donors (Lipinski definition) is 1. The summed E-state index contributed by atoms with van der Waals surface area (Å²) in [6.45, 7) is 2.67. The molecule has 1 fully saturated rings. The van der Waals surface area contributed by atoms with Gasteiger partial charge in [-0.1, -0.05) is 6.07 Å². The molecule has 1 aromatic carbocycles. The van der Waals surface area contributed by atoms with Crippen molar-refractivity contribution in [2.24, 2.45) is 0 Å². The Kier molecular flexibility index (Phi) is 3.28. The second-order valence-corrected chi connectivity index (χ2v) is 6.58. The van der Waals surface area contributed by atoms with Gasteiger partial charge in [-0.05, 0) is 58.5 Å². The maximum absolute atomic E-state index is 12.9. The molecular formula is C17H18N2OS. The Morgan fingerprint density at radius 1 is 1.24 bits per heavy atom. The number of rotatable bonds is 2. The topological polar surface area (TPSA) is 32.3 Å². The van der Waals surface area contributed by atoms with Crippen LogP contribution in [0.3, 0.4) is 0 Å². The van der Waals surface area contributed by atoms with Crippen molar-refractivity contribution in [3.63, 3.8) is 0 Å². The molecule has 1 saturated heterocycles. The Bertz CT molecular complexity index is 665. The van der Waals surface area contributed by atoms with E-state index in [-0.39, 0.29) is 11.9 Å². The molecule has 2 aliphatic heterocycles. The molecule has 21 heavy (non-hydrogen) atoms. The highest BCUT2D eigenvalue weighted by Crippen LogP contribution is 2.34. The average molecular weight is 298 g/mol. The van der Waals surface area contributed by atoms with Crippen molar-refractivity contribution in [1.29, 1.82) is 0 Å². The normalized spacial score (nSPS) is 20.8. The molecule has 1 unspecified atom stereocenters. The van der Waals surface area contributed by atoms with Crippen LogP contribution < -0.4 is 5.32 Å². The van der Waals surface area contributed by atoms with Gasteiger partial charge in [-0.2, -0.15) is 11.3 Å². The third kappa shape index (κ3) is 2.28. The van der Waals surface area contributed by atoms with Gasteiger partial charge in [0.1, 0.15) is 0 Å². The lowest BCUT2D eigenvalue weighted by molar-refractivity contribution is 0.0736. The van der Waals surface area contributed by atoms with E-state index in [1.807, 2.05) is 11.0 Å². The Morgan fingerprint density at radius 2 is 2.14 bits per heavy atom. The van der Waals surface area contributed by atoms with Crippen molar-refractivity contribution >= 4 is 17.2 Å². The molecule has 4 heteroatoms. The highest BCUT2D eigenvalue weighted by molar-refractivity contribution is 7.07. The van der Waals surface area contributed by atoms with E-state index in [0.29, 0.717) is 0 Å². The zero-order valence-electron chi connectivity index (χ0n) is 11.8. The molecule has 0 spiro atoms. The molecule has 3 nitrogen and oxygen atoms in total. The van der Waals surface area contributed by atoms with Gasteiger partial charge >= 0.3 is 0 Å². The van der Waals surface area contributed by atoms with E-state index in [1.54, 1.807) is 11.3 Å². The number of amides is 1. The monoisotopic (exact) mass is 298 g/mol. The van der Waals surface area contributed by atoms with Crippen molar-refractivity contribution < 1.29 is 4.79 Å². The molecule has 108 valence electrons. The summed E-state index contributed by atoms with van der Waals surface area (Å²) < 4.78 is 0. The molecule has 0 bridgehead atoms.